The van der Waals surface area contributed by atoms with Crippen LogP contribution in [0.25, 0.3) is 0 Å². The van der Waals surface area contributed by atoms with Gasteiger partial charge in [-0.15, -0.1) is 0 Å². The number of nitrogens with zero attached hydrogens (tertiary/aromatic N) is 2. The van der Waals surface area contributed by atoms with Crippen molar-refractivity contribution < 1.29 is 52.3 Å². The van der Waals surface area contributed by atoms with Crippen LogP contribution in [0.1, 0.15) is 0 Å². The molecule has 0 aromatic heterocycles. The lowest BCUT2D eigenvalue weighted by Crippen LogP contribution is -2.43. The number of thioether (sulfide) groups is 1. The first-order valence-corrected chi connectivity index (χ1v) is 11.9. The van der Waals surface area contributed by atoms with Crippen molar-refractivity contribution in [2.45, 2.75) is 0 Å². The predicted octanol–water partition coefficient (Wildman–Crippen LogP) is -0.977. The van der Waals surface area contributed by atoms with E-state index in [1.54, 1.807) is 12.0 Å². The number of ether oxygens (including phenoxy) is 7. The van der Waals surface area contributed by atoms with Crippen molar-refractivity contribution in [1.29, 1.82) is 0 Å². The van der Waals surface area contributed by atoms with E-state index in [-0.39, 0.29) is 50.3 Å². The molecule has 0 bridgehead atoms. The molecule has 35 heavy (non-hydrogen) atoms. The van der Waals surface area contributed by atoms with Crippen molar-refractivity contribution in [2.75, 3.05) is 113 Å². The van der Waals surface area contributed by atoms with Gasteiger partial charge in [-0.3, -0.25) is 29.0 Å². The number of rotatable bonds is 22. The SMILES string of the molecule is COCCOCCOCCOCSC(=O)CN(CCN(CC(=O)OC)CC(=O)OC)CC(=O)OC. The molecule has 0 unspecified atom stereocenters. The number of methoxy groups -OCH3 is 4. The molecule has 0 rings (SSSR count). The topological polar surface area (TPSA) is 139 Å². The number of carbonyl (C=O) groups excluding carboxylic acids is 4. The van der Waals surface area contributed by atoms with Crippen LogP contribution in [0.5, 0.6) is 0 Å². The van der Waals surface area contributed by atoms with Gasteiger partial charge in [0.1, 0.15) is 0 Å². The van der Waals surface area contributed by atoms with E-state index in [2.05, 4.69) is 9.47 Å². The molecule has 0 N–H and O–H groups in total. The maximum Gasteiger partial charge on any atom is 0.319 e. The summed E-state index contributed by atoms with van der Waals surface area (Å²) in [6.45, 7) is 2.59. The van der Waals surface area contributed by atoms with E-state index in [0.29, 0.717) is 39.6 Å². The van der Waals surface area contributed by atoms with Crippen LogP contribution < -0.4 is 0 Å². The third-order valence-electron chi connectivity index (χ3n) is 4.31. The second kappa shape index (κ2) is 22.6. The monoisotopic (exact) mass is 526 g/mol. The molecule has 0 atom stereocenters. The molecule has 0 amide bonds. The van der Waals surface area contributed by atoms with Crippen molar-refractivity contribution in [3.8, 4) is 0 Å². The average Bonchev–Trinajstić information content (AvgIpc) is 2.85. The summed E-state index contributed by atoms with van der Waals surface area (Å²) in [4.78, 5) is 50.4. The van der Waals surface area contributed by atoms with Crippen molar-refractivity contribution in [1.82, 2.24) is 9.80 Å². The van der Waals surface area contributed by atoms with Gasteiger partial charge in [0.15, 0.2) is 0 Å². The smallest absolute Gasteiger partial charge is 0.319 e. The Morgan fingerprint density at radius 3 is 1.40 bits per heavy atom. The van der Waals surface area contributed by atoms with Gasteiger partial charge in [-0.2, -0.15) is 0 Å². The van der Waals surface area contributed by atoms with Crippen LogP contribution in [0.2, 0.25) is 0 Å². The first-order chi connectivity index (χ1) is 16.9. The van der Waals surface area contributed by atoms with Gasteiger partial charge >= 0.3 is 17.9 Å². The highest BCUT2D eigenvalue weighted by molar-refractivity contribution is 8.13. The quantitative estimate of drug-likeness (QED) is 0.0739. The molecule has 0 aromatic carbocycles. The molecule has 0 aromatic rings. The van der Waals surface area contributed by atoms with Crippen LogP contribution in [0.3, 0.4) is 0 Å². The van der Waals surface area contributed by atoms with Gasteiger partial charge in [0.25, 0.3) is 0 Å². The minimum absolute atomic E-state index is 0.0528. The maximum absolute atomic E-state index is 12.3. The first-order valence-electron chi connectivity index (χ1n) is 10.9. The summed E-state index contributed by atoms with van der Waals surface area (Å²) in [6, 6.07) is 0. The van der Waals surface area contributed by atoms with E-state index < -0.39 is 17.9 Å². The normalized spacial score (nSPS) is 11.0. The molecule has 0 radical (unpaired) electrons. The molecular weight excluding hydrogens is 488 g/mol. The van der Waals surface area contributed by atoms with Gasteiger partial charge in [0, 0.05) is 20.2 Å². The highest BCUT2D eigenvalue weighted by Crippen LogP contribution is 2.06. The fourth-order valence-electron chi connectivity index (χ4n) is 2.43. The molecule has 0 heterocycles. The van der Waals surface area contributed by atoms with E-state index in [1.165, 1.54) is 26.2 Å². The van der Waals surface area contributed by atoms with Gasteiger partial charge < -0.3 is 33.2 Å². The van der Waals surface area contributed by atoms with Gasteiger partial charge in [-0.05, 0) is 0 Å². The third kappa shape index (κ3) is 20.1. The van der Waals surface area contributed by atoms with Crippen molar-refractivity contribution in [3.05, 3.63) is 0 Å². The number of carbonyl (C=O) groups is 4. The molecule has 0 aliphatic rings. The Kier molecular flexibility index (Phi) is 21.5. The molecule has 0 fully saturated rings. The molecule has 14 heteroatoms. The van der Waals surface area contributed by atoms with Crippen LogP contribution in [0.4, 0.5) is 0 Å². The largest absolute Gasteiger partial charge is 0.468 e. The third-order valence-corrected chi connectivity index (χ3v) is 5.04. The number of hydrogen-bond acceptors (Lipinski definition) is 14. The molecule has 0 saturated carbocycles. The van der Waals surface area contributed by atoms with Crippen LogP contribution in [0.15, 0.2) is 0 Å². The summed E-state index contributed by atoms with van der Waals surface area (Å²) in [7, 11) is 5.33. The van der Waals surface area contributed by atoms with E-state index in [4.69, 9.17) is 23.7 Å². The maximum atomic E-state index is 12.3. The minimum Gasteiger partial charge on any atom is -0.468 e. The fraction of sp³-hybridized carbons (Fsp3) is 0.810. The van der Waals surface area contributed by atoms with Crippen LogP contribution >= 0.6 is 11.8 Å². The van der Waals surface area contributed by atoms with Crippen LogP contribution in [-0.4, -0.2) is 146 Å². The van der Waals surface area contributed by atoms with Crippen LogP contribution in [-0.2, 0) is 52.3 Å². The highest BCUT2D eigenvalue weighted by Gasteiger charge is 2.20. The number of esters is 3. The van der Waals surface area contributed by atoms with E-state index >= 15 is 0 Å². The zero-order chi connectivity index (χ0) is 26.3. The Morgan fingerprint density at radius 1 is 0.571 bits per heavy atom. The molecule has 13 nitrogen and oxygen atoms in total. The highest BCUT2D eigenvalue weighted by atomic mass is 32.2. The lowest BCUT2D eigenvalue weighted by molar-refractivity contribution is -0.147. The Morgan fingerprint density at radius 2 is 0.971 bits per heavy atom. The Hall–Kier alpha value is -1.81. The number of hydrogen-bond donors (Lipinski definition) is 0. The van der Waals surface area contributed by atoms with Crippen molar-refractivity contribution in [2.24, 2.45) is 0 Å². The molecule has 0 saturated heterocycles. The molecule has 0 aliphatic carbocycles. The summed E-state index contributed by atoms with van der Waals surface area (Å²) in [5.41, 5.74) is 0. The van der Waals surface area contributed by atoms with Crippen molar-refractivity contribution >= 4 is 34.8 Å². The molecule has 0 spiro atoms. The van der Waals surface area contributed by atoms with Gasteiger partial charge in [-0.25, -0.2) is 0 Å². The lowest BCUT2D eigenvalue weighted by atomic mass is 10.4. The van der Waals surface area contributed by atoms with E-state index in [1.807, 2.05) is 0 Å². The predicted molar refractivity (Wildman–Crippen MR) is 126 cm³/mol. The summed E-state index contributed by atoms with van der Waals surface area (Å²) in [5, 5.41) is -0.214. The zero-order valence-corrected chi connectivity index (χ0v) is 21.8. The average molecular weight is 527 g/mol. The summed E-state index contributed by atoms with van der Waals surface area (Å²) in [5.74, 6) is -1.44. The second-order valence-corrected chi connectivity index (χ2v) is 7.89. The van der Waals surface area contributed by atoms with Gasteiger partial charge in [0.05, 0.1) is 93.1 Å². The van der Waals surface area contributed by atoms with Gasteiger partial charge in [-0.1, -0.05) is 11.8 Å². The van der Waals surface area contributed by atoms with Crippen molar-refractivity contribution in [3.63, 3.8) is 0 Å². The summed E-state index contributed by atoms with van der Waals surface area (Å²) in [6.07, 6.45) is 0. The molecular formula is C21H38N2O11S. The Balaban J connectivity index is 4.39. The van der Waals surface area contributed by atoms with Crippen LogP contribution in [0, 0.1) is 0 Å². The fourth-order valence-corrected chi connectivity index (χ4v) is 3.04. The zero-order valence-electron chi connectivity index (χ0n) is 21.0. The lowest BCUT2D eigenvalue weighted by Gasteiger charge is -2.25. The molecule has 204 valence electrons. The summed E-state index contributed by atoms with van der Waals surface area (Å²) >= 11 is 0.969. The van der Waals surface area contributed by atoms with E-state index in [9.17, 15) is 19.2 Å². The summed E-state index contributed by atoms with van der Waals surface area (Å²) < 4.78 is 34.8. The second-order valence-electron chi connectivity index (χ2n) is 6.91. The standard InChI is InChI=1S/C21H38N2O11S/c1-28-7-8-32-9-10-33-11-12-34-17-35-21(27)16-23(15-20(26)31-4)6-5-22(13-18(24)29-2)14-19(25)30-3/h5-17H2,1-4H3. The Bertz CT molecular complexity index is 592. The Labute approximate surface area is 210 Å². The first kappa shape index (κ1) is 33.2. The van der Waals surface area contributed by atoms with E-state index in [0.717, 1.165) is 11.8 Å². The molecule has 0 aliphatic heterocycles. The van der Waals surface area contributed by atoms with Gasteiger partial charge in [0.2, 0.25) is 5.12 Å². The minimum atomic E-state index is -0.528.